The molecule has 0 radical (unpaired) electrons. The molecule has 38 heavy (non-hydrogen) atoms. The highest BCUT2D eigenvalue weighted by atomic mass is 19.4. The normalized spacial score (nSPS) is 18.3. The highest BCUT2D eigenvalue weighted by Crippen LogP contribution is 2.47. The average Bonchev–Trinajstić information content (AvgIpc) is 3.22. The van der Waals surface area contributed by atoms with Crippen molar-refractivity contribution in [3.8, 4) is 11.8 Å². The summed E-state index contributed by atoms with van der Waals surface area (Å²) >= 11 is 0. The number of ether oxygens (including phenoxy) is 1. The van der Waals surface area contributed by atoms with Gasteiger partial charge in [0.05, 0.1) is 18.4 Å². The van der Waals surface area contributed by atoms with Crippen molar-refractivity contribution < 1.29 is 26.7 Å². The van der Waals surface area contributed by atoms with Crippen molar-refractivity contribution in [2.45, 2.75) is 50.4 Å². The van der Waals surface area contributed by atoms with Crippen LogP contribution in [0.15, 0.2) is 35.5 Å². The topological polar surface area (TPSA) is 135 Å². The summed E-state index contributed by atoms with van der Waals surface area (Å²) in [4.78, 5) is 31.9. The van der Waals surface area contributed by atoms with Crippen molar-refractivity contribution >= 4 is 11.0 Å². The molecule has 4 aromatic rings. The first-order chi connectivity index (χ1) is 18.1. The number of rotatable bonds is 6. The number of nitrogens with one attached hydrogen (secondary N) is 1. The van der Waals surface area contributed by atoms with Crippen LogP contribution in [0.1, 0.15) is 66.2 Å². The van der Waals surface area contributed by atoms with Crippen molar-refractivity contribution in [1.82, 2.24) is 34.7 Å². The van der Waals surface area contributed by atoms with E-state index < -0.39 is 30.1 Å². The Labute approximate surface area is 210 Å². The summed E-state index contributed by atoms with van der Waals surface area (Å²) in [6.07, 6.45) is 0.000771. The van der Waals surface area contributed by atoms with Gasteiger partial charge in [0.2, 0.25) is 0 Å². The Hall–Kier alpha value is -4.48. The molecule has 5 rings (SSSR count). The number of hydrogen-bond donors (Lipinski definition) is 1. The summed E-state index contributed by atoms with van der Waals surface area (Å²) in [5.74, 6) is -0.114. The lowest BCUT2D eigenvalue weighted by atomic mass is 9.72. The molecule has 0 aromatic carbocycles. The van der Waals surface area contributed by atoms with Gasteiger partial charge in [0.15, 0.2) is 17.1 Å². The molecule has 1 aliphatic rings. The van der Waals surface area contributed by atoms with Gasteiger partial charge in [-0.1, -0.05) is 6.07 Å². The molecule has 196 valence electrons. The van der Waals surface area contributed by atoms with E-state index in [1.165, 1.54) is 10.7 Å². The number of nitriles is 1. The number of alkyl halides is 5. The first-order valence-electron chi connectivity index (χ1n) is 11.3. The lowest BCUT2D eigenvalue weighted by Crippen LogP contribution is -2.28. The molecular weight excluding hydrogens is 515 g/mol. The van der Waals surface area contributed by atoms with E-state index in [1.807, 2.05) is 6.07 Å². The summed E-state index contributed by atoms with van der Waals surface area (Å²) < 4.78 is 69.1. The number of aromatic amines is 1. The third-order valence-electron chi connectivity index (χ3n) is 6.44. The van der Waals surface area contributed by atoms with Gasteiger partial charge in [-0.15, -0.1) is 0 Å². The Balaban J connectivity index is 1.50. The fourth-order valence-electron chi connectivity index (χ4n) is 4.37. The van der Waals surface area contributed by atoms with Gasteiger partial charge in [0.25, 0.3) is 5.56 Å². The zero-order valence-electron chi connectivity index (χ0n) is 19.4. The number of nitrogens with zero attached hydrogens (tertiary/aromatic N) is 7. The monoisotopic (exact) mass is 532 g/mol. The molecule has 0 aliphatic heterocycles. The number of H-pyrrole nitrogens is 1. The van der Waals surface area contributed by atoms with Crippen LogP contribution < -0.4 is 10.3 Å². The first kappa shape index (κ1) is 25.2. The zero-order valence-corrected chi connectivity index (χ0v) is 19.4. The molecule has 3 atom stereocenters. The fourth-order valence-corrected chi connectivity index (χ4v) is 4.37. The molecule has 4 aromatic heterocycles. The van der Waals surface area contributed by atoms with Crippen LogP contribution in [0, 0.1) is 11.3 Å². The summed E-state index contributed by atoms with van der Waals surface area (Å²) in [6.45, 7) is -1.38. The molecular formula is C23H17F5N8O2. The number of hydrogen-bond acceptors (Lipinski definition) is 8. The Kier molecular flexibility index (Phi) is 6.25. The van der Waals surface area contributed by atoms with Gasteiger partial charge in [-0.3, -0.25) is 9.78 Å². The van der Waals surface area contributed by atoms with E-state index in [2.05, 4.69) is 34.8 Å². The van der Waals surface area contributed by atoms with Crippen molar-refractivity contribution in [3.63, 3.8) is 0 Å². The van der Waals surface area contributed by atoms with E-state index in [0.29, 0.717) is 30.1 Å². The second-order valence-electron chi connectivity index (χ2n) is 8.65. The number of fused-ring (bicyclic) bond motifs is 1. The van der Waals surface area contributed by atoms with E-state index in [1.54, 1.807) is 6.92 Å². The summed E-state index contributed by atoms with van der Waals surface area (Å²) in [5, 5.41) is 13.7. The first-order valence-corrected chi connectivity index (χ1v) is 11.3. The van der Waals surface area contributed by atoms with Gasteiger partial charge in [0, 0.05) is 18.0 Å². The highest BCUT2D eigenvalue weighted by molar-refractivity contribution is 5.80. The van der Waals surface area contributed by atoms with Gasteiger partial charge in [0.1, 0.15) is 28.8 Å². The molecule has 15 heteroatoms. The van der Waals surface area contributed by atoms with Crippen LogP contribution in [0.2, 0.25) is 0 Å². The Morgan fingerprint density at radius 1 is 1.13 bits per heavy atom. The number of pyridine rings is 1. The zero-order chi connectivity index (χ0) is 27.2. The quantitative estimate of drug-likeness (QED) is 0.367. The second-order valence-corrected chi connectivity index (χ2v) is 8.65. The van der Waals surface area contributed by atoms with Gasteiger partial charge in [-0.25, -0.2) is 19.6 Å². The Morgan fingerprint density at radius 3 is 2.39 bits per heavy atom. The van der Waals surface area contributed by atoms with Crippen LogP contribution in [0.4, 0.5) is 22.0 Å². The van der Waals surface area contributed by atoms with Crippen molar-refractivity contribution in [2.75, 3.05) is 0 Å². The average molecular weight is 532 g/mol. The third-order valence-corrected chi connectivity index (χ3v) is 6.44. The SMILES string of the molecule is C[C@H](c1ccc(C(F)(F)F)nc1)n1nc(C#N)c2c(=O)[nH]c([C@@H]3CC[C@H]3c3ncc(OC(F)F)cn3)nc21. The van der Waals surface area contributed by atoms with Crippen LogP contribution in [-0.4, -0.2) is 41.3 Å². The van der Waals surface area contributed by atoms with Gasteiger partial charge >= 0.3 is 12.8 Å². The molecule has 0 spiro atoms. The predicted molar refractivity (Wildman–Crippen MR) is 119 cm³/mol. The molecule has 0 amide bonds. The predicted octanol–water partition coefficient (Wildman–Crippen LogP) is 4.07. The standard InChI is InChI=1S/C23H17F5N8O2/c1-10(11-2-5-16(30-7-11)23(26,27)28)36-20-17(15(6-29)35-36)21(37)34-19(33-20)14-4-3-13(14)18-31-8-12(9-32-18)38-22(24)25/h2,5,7-10,13-14,22H,3-4H2,1H3,(H,33,34,37)/t10-,13-,14-/m1/s1. The van der Waals surface area contributed by atoms with Crippen molar-refractivity contribution in [3.05, 3.63) is 69.7 Å². The molecule has 0 unspecified atom stereocenters. The summed E-state index contributed by atoms with van der Waals surface area (Å²) in [5.41, 5.74) is -1.40. The number of halogens is 5. The van der Waals surface area contributed by atoms with Crippen LogP contribution >= 0.6 is 0 Å². The maximum atomic E-state index is 13.0. The maximum Gasteiger partial charge on any atom is 0.433 e. The van der Waals surface area contributed by atoms with Gasteiger partial charge in [-0.2, -0.15) is 32.3 Å². The van der Waals surface area contributed by atoms with Crippen LogP contribution in [0.25, 0.3) is 11.0 Å². The summed E-state index contributed by atoms with van der Waals surface area (Å²) in [6, 6.07) is 3.23. The molecule has 1 fully saturated rings. The largest absolute Gasteiger partial charge is 0.433 e. The minimum absolute atomic E-state index is 0.0522. The van der Waals surface area contributed by atoms with Crippen LogP contribution in [0.3, 0.4) is 0 Å². The Bertz CT molecular complexity index is 1580. The van der Waals surface area contributed by atoms with E-state index in [0.717, 1.165) is 24.7 Å². The molecule has 1 aliphatic carbocycles. The van der Waals surface area contributed by atoms with Crippen LogP contribution in [-0.2, 0) is 6.18 Å². The van der Waals surface area contributed by atoms with Gasteiger partial charge < -0.3 is 9.72 Å². The second kappa shape index (κ2) is 9.43. The van der Waals surface area contributed by atoms with Crippen molar-refractivity contribution in [1.29, 1.82) is 5.26 Å². The minimum atomic E-state index is -4.60. The van der Waals surface area contributed by atoms with Crippen LogP contribution in [0.5, 0.6) is 5.75 Å². The molecule has 10 nitrogen and oxygen atoms in total. The van der Waals surface area contributed by atoms with E-state index >= 15 is 0 Å². The Morgan fingerprint density at radius 2 is 1.84 bits per heavy atom. The van der Waals surface area contributed by atoms with Gasteiger partial charge in [-0.05, 0) is 31.4 Å². The minimum Gasteiger partial charge on any atom is -0.432 e. The fraction of sp³-hybridized carbons (Fsp3) is 0.348. The van der Waals surface area contributed by atoms with E-state index in [9.17, 15) is 32.0 Å². The molecule has 4 heterocycles. The maximum absolute atomic E-state index is 13.0. The number of aromatic nitrogens is 7. The van der Waals surface area contributed by atoms with E-state index in [4.69, 9.17) is 0 Å². The molecule has 0 bridgehead atoms. The highest BCUT2D eigenvalue weighted by Gasteiger charge is 2.38. The lowest BCUT2D eigenvalue weighted by molar-refractivity contribution is -0.141. The third kappa shape index (κ3) is 4.53. The smallest absolute Gasteiger partial charge is 0.432 e. The molecule has 1 N–H and O–H groups in total. The van der Waals surface area contributed by atoms with E-state index in [-0.39, 0.29) is 34.3 Å². The molecule has 1 saturated carbocycles. The molecule has 0 saturated heterocycles. The lowest BCUT2D eigenvalue weighted by Gasteiger charge is -2.34. The summed E-state index contributed by atoms with van der Waals surface area (Å²) in [7, 11) is 0. The van der Waals surface area contributed by atoms with Crippen molar-refractivity contribution in [2.24, 2.45) is 0 Å².